The Morgan fingerprint density at radius 3 is 2.37 bits per heavy atom. The zero-order valence-electron chi connectivity index (χ0n) is 20.0. The Balaban J connectivity index is 1.57. The highest BCUT2D eigenvalue weighted by Gasteiger charge is 2.73. The van der Waals surface area contributed by atoms with E-state index in [-0.39, 0.29) is 23.6 Å². The predicted molar refractivity (Wildman–Crippen MR) is 129 cm³/mol. The van der Waals surface area contributed by atoms with Crippen molar-refractivity contribution in [2.45, 2.75) is 51.4 Å². The zero-order chi connectivity index (χ0) is 25.2. The van der Waals surface area contributed by atoms with Crippen LogP contribution in [0.3, 0.4) is 0 Å². The Morgan fingerprint density at radius 1 is 1.03 bits per heavy atom. The topological polar surface area (TPSA) is 124 Å². The van der Waals surface area contributed by atoms with Crippen LogP contribution in [0, 0.1) is 15.5 Å². The Morgan fingerprint density at radius 2 is 1.71 bits per heavy atom. The van der Waals surface area contributed by atoms with Crippen LogP contribution in [-0.4, -0.2) is 33.4 Å². The van der Waals surface area contributed by atoms with E-state index < -0.39 is 21.7 Å². The fraction of sp³-hybridized carbons (Fsp3) is 0.385. The fourth-order valence-electron chi connectivity index (χ4n) is 5.85. The minimum Gasteiger partial charge on any atom is -0.462 e. The molecule has 0 radical (unpaired) electrons. The van der Waals surface area contributed by atoms with E-state index >= 15 is 0 Å². The summed E-state index contributed by atoms with van der Waals surface area (Å²) < 4.78 is 5.02. The third kappa shape index (κ3) is 3.00. The van der Waals surface area contributed by atoms with Crippen LogP contribution in [0.15, 0.2) is 42.5 Å². The van der Waals surface area contributed by atoms with Gasteiger partial charge in [0.2, 0.25) is 5.91 Å². The molecule has 5 rings (SSSR count). The van der Waals surface area contributed by atoms with Gasteiger partial charge >= 0.3 is 5.97 Å². The molecule has 1 saturated carbocycles. The van der Waals surface area contributed by atoms with Gasteiger partial charge in [-0.15, -0.1) is 0 Å². The van der Waals surface area contributed by atoms with Gasteiger partial charge in [-0.25, -0.2) is 14.8 Å². The molecule has 1 heterocycles. The molecule has 2 unspecified atom stereocenters. The number of carbonyl (C=O) groups is 2. The van der Waals surface area contributed by atoms with E-state index in [2.05, 4.69) is 26.1 Å². The second-order valence-electron chi connectivity index (χ2n) is 9.97. The second-order valence-corrected chi connectivity index (χ2v) is 9.97. The molecule has 1 fully saturated rings. The minimum atomic E-state index is -0.956. The van der Waals surface area contributed by atoms with E-state index in [1.54, 1.807) is 37.3 Å². The van der Waals surface area contributed by atoms with Crippen LogP contribution >= 0.6 is 0 Å². The van der Waals surface area contributed by atoms with Gasteiger partial charge in [0.05, 0.1) is 44.9 Å². The quantitative estimate of drug-likeness (QED) is 0.323. The number of hydrogen-bond donors (Lipinski definition) is 1. The number of hydrogen-bond acceptors (Lipinski definition) is 7. The summed E-state index contributed by atoms with van der Waals surface area (Å²) in [4.78, 5) is 46.5. The molecule has 2 aliphatic rings. The maximum atomic E-state index is 14.0. The number of amides is 1. The van der Waals surface area contributed by atoms with Crippen molar-refractivity contribution in [3.8, 4) is 0 Å². The highest BCUT2D eigenvalue weighted by molar-refractivity contribution is 6.02. The lowest BCUT2D eigenvalue weighted by atomic mass is 9.63. The van der Waals surface area contributed by atoms with Crippen LogP contribution in [0.4, 0.5) is 11.4 Å². The molecule has 1 N–H and O–H groups in total. The molecule has 2 aromatic carbocycles. The number of rotatable bonds is 5. The molecule has 0 saturated heterocycles. The monoisotopic (exact) mass is 474 g/mol. The summed E-state index contributed by atoms with van der Waals surface area (Å²) in [6.07, 6.45) is 1.36. The summed E-state index contributed by atoms with van der Waals surface area (Å²) in [6.45, 7) is 8.28. The number of carbonyl (C=O) groups excluding carboxylic acids is 2. The lowest BCUT2D eigenvalue weighted by Crippen LogP contribution is -2.48. The summed E-state index contributed by atoms with van der Waals surface area (Å²) in [6, 6.07) is 11.0. The van der Waals surface area contributed by atoms with Crippen molar-refractivity contribution in [3.63, 3.8) is 0 Å². The van der Waals surface area contributed by atoms with Gasteiger partial charge in [0, 0.05) is 23.2 Å². The maximum absolute atomic E-state index is 14.0. The zero-order valence-corrected chi connectivity index (χ0v) is 20.0. The average molecular weight is 475 g/mol. The van der Waals surface area contributed by atoms with Crippen molar-refractivity contribution in [1.29, 1.82) is 0 Å². The Kier molecular flexibility index (Phi) is 4.94. The van der Waals surface area contributed by atoms with Gasteiger partial charge in [0.15, 0.2) is 0 Å². The van der Waals surface area contributed by atoms with E-state index in [1.807, 2.05) is 0 Å². The first-order chi connectivity index (χ1) is 16.5. The summed E-state index contributed by atoms with van der Waals surface area (Å²) in [5.74, 6) is -0.620. The van der Waals surface area contributed by atoms with Crippen molar-refractivity contribution in [2.24, 2.45) is 5.41 Å². The van der Waals surface area contributed by atoms with E-state index in [0.29, 0.717) is 34.4 Å². The van der Waals surface area contributed by atoms with Crippen LogP contribution in [-0.2, 0) is 20.4 Å². The number of non-ortho nitro benzene ring substituents is 1. The number of nitro groups is 1. The Bertz CT molecular complexity index is 1400. The summed E-state index contributed by atoms with van der Waals surface area (Å²) in [5, 5.41) is 14.3. The maximum Gasteiger partial charge on any atom is 0.338 e. The van der Waals surface area contributed by atoms with Crippen LogP contribution in [0.1, 0.15) is 62.3 Å². The highest BCUT2D eigenvalue weighted by atomic mass is 16.6. The second kappa shape index (κ2) is 7.56. The number of nitrogens with one attached hydrogen (secondary N) is 1. The van der Waals surface area contributed by atoms with E-state index in [0.717, 1.165) is 12.1 Å². The molecular weight excluding hydrogens is 448 g/mol. The molecule has 0 spiro atoms. The molecule has 35 heavy (non-hydrogen) atoms. The van der Waals surface area contributed by atoms with Crippen molar-refractivity contribution >= 4 is 34.3 Å². The highest BCUT2D eigenvalue weighted by Crippen LogP contribution is 2.70. The number of esters is 1. The molecule has 0 aliphatic heterocycles. The molecular formula is C26H26N4O5. The number of fused-ring (bicyclic) bond motifs is 6. The standard InChI is InChI=1S/C26H26N4O5/c1-5-35-22(31)15-6-8-16(9-7-15)27-23(32)26-13-12-25(4,24(26,2)3)20-21(26)29-19-14-17(30(33)34)10-11-18(19)28-20/h6-11,14H,5,12-13H2,1-4H3,(H,27,32). The van der Waals surface area contributed by atoms with Gasteiger partial charge in [-0.2, -0.15) is 0 Å². The molecule has 2 aliphatic carbocycles. The van der Waals surface area contributed by atoms with E-state index in [1.165, 1.54) is 12.1 Å². The van der Waals surface area contributed by atoms with Crippen LogP contribution in [0.2, 0.25) is 0 Å². The van der Waals surface area contributed by atoms with Crippen LogP contribution in [0.5, 0.6) is 0 Å². The normalized spacial score (nSPS) is 23.7. The summed E-state index contributed by atoms with van der Waals surface area (Å²) in [5.41, 5.74) is 1.40. The van der Waals surface area contributed by atoms with Gasteiger partial charge in [-0.05, 0) is 55.5 Å². The number of anilines is 1. The molecule has 2 atom stereocenters. The molecule has 1 amide bonds. The largest absolute Gasteiger partial charge is 0.462 e. The number of aromatic nitrogens is 2. The van der Waals surface area contributed by atoms with Crippen molar-refractivity contribution < 1.29 is 19.2 Å². The molecule has 3 aromatic rings. The number of nitrogens with zero attached hydrogens (tertiary/aromatic N) is 3. The summed E-state index contributed by atoms with van der Waals surface area (Å²) >= 11 is 0. The van der Waals surface area contributed by atoms with Crippen molar-refractivity contribution in [2.75, 3.05) is 11.9 Å². The summed E-state index contributed by atoms with van der Waals surface area (Å²) in [7, 11) is 0. The number of benzene rings is 2. The average Bonchev–Trinajstić information content (AvgIpc) is 3.12. The van der Waals surface area contributed by atoms with Crippen molar-refractivity contribution in [3.05, 3.63) is 69.5 Å². The smallest absolute Gasteiger partial charge is 0.338 e. The van der Waals surface area contributed by atoms with Gasteiger partial charge in [0.25, 0.3) is 5.69 Å². The minimum absolute atomic E-state index is 0.0689. The Hall–Kier alpha value is -3.88. The first-order valence-corrected chi connectivity index (χ1v) is 11.6. The van der Waals surface area contributed by atoms with Crippen LogP contribution < -0.4 is 5.32 Å². The third-order valence-corrected chi connectivity index (χ3v) is 8.27. The third-order valence-electron chi connectivity index (χ3n) is 8.27. The van der Waals surface area contributed by atoms with Crippen molar-refractivity contribution in [1.82, 2.24) is 9.97 Å². The molecule has 1 aromatic heterocycles. The molecule has 9 heteroatoms. The van der Waals surface area contributed by atoms with E-state index in [9.17, 15) is 19.7 Å². The number of nitro benzene ring substituents is 1. The SMILES string of the molecule is CCOC(=O)c1ccc(NC(=O)C23CCC(C)(c4nc5ccc([N+](=O)[O-])cc5nc42)C3(C)C)cc1. The van der Waals surface area contributed by atoms with Gasteiger partial charge in [-0.3, -0.25) is 14.9 Å². The molecule has 180 valence electrons. The van der Waals surface area contributed by atoms with Gasteiger partial charge in [-0.1, -0.05) is 20.8 Å². The first-order valence-electron chi connectivity index (χ1n) is 11.6. The van der Waals surface area contributed by atoms with Gasteiger partial charge < -0.3 is 10.1 Å². The Labute approximate surface area is 202 Å². The first kappa shape index (κ1) is 22.9. The van der Waals surface area contributed by atoms with Crippen LogP contribution in [0.25, 0.3) is 11.0 Å². The van der Waals surface area contributed by atoms with Gasteiger partial charge in [0.1, 0.15) is 0 Å². The molecule has 2 bridgehead atoms. The fourth-order valence-corrected chi connectivity index (χ4v) is 5.85. The lowest BCUT2D eigenvalue weighted by Gasteiger charge is -2.39. The van der Waals surface area contributed by atoms with E-state index in [4.69, 9.17) is 14.7 Å². The predicted octanol–water partition coefficient (Wildman–Crippen LogP) is 4.68. The molecule has 9 nitrogen and oxygen atoms in total. The number of ether oxygens (including phenoxy) is 1. The lowest BCUT2D eigenvalue weighted by molar-refractivity contribution is -0.384.